The second kappa shape index (κ2) is 272. The first-order valence-electron chi connectivity index (χ1n) is 6.47. The Balaban J connectivity index is -0.0000000123. The third-order valence-corrected chi connectivity index (χ3v) is 0. The van der Waals surface area contributed by atoms with Gasteiger partial charge in [0.25, 0.3) is 0 Å². The summed E-state index contributed by atoms with van der Waals surface area (Å²) in [5.74, 6) is 0. The zero-order valence-corrected chi connectivity index (χ0v) is 32.8. The van der Waals surface area contributed by atoms with Crippen molar-refractivity contribution in [1.82, 2.24) is 0 Å². The molecule has 200 valence electrons. The second-order valence-electron chi connectivity index (χ2n) is 1.84. The van der Waals surface area contributed by atoms with Crippen LogP contribution in [0.15, 0.2) is 0 Å². The van der Waals surface area contributed by atoms with Gasteiger partial charge in [-0.2, -0.15) is 31.6 Å². The molecule has 20 heteroatoms. The standard InChI is InChI=1S/6C2H3N.4CO.6ClH.2Fe.2In/c6*1-2-3;4*1-2;;;;;;;;;;/h6*1H3;;;;;6*1H;;;;/q;;;;;;;;;;;;;;;;;;2*+3/p-6. The summed E-state index contributed by atoms with van der Waals surface area (Å²) in [6.45, 7) is 26.6. The van der Waals surface area contributed by atoms with Gasteiger partial charge in [-0.15, -0.1) is 0 Å². The number of halogens is 6. The van der Waals surface area contributed by atoms with Gasteiger partial charge in [-0.25, -0.2) is 0 Å². The van der Waals surface area contributed by atoms with Crippen molar-refractivity contribution in [2.24, 2.45) is 0 Å². The minimum atomic E-state index is -2.22. The number of rotatable bonds is 0. The van der Waals surface area contributed by atoms with Gasteiger partial charge in [-0.3, -0.25) is 0 Å². The first-order chi connectivity index (χ1) is 15.9. The Hall–Kier alpha value is 0.419. The van der Waals surface area contributed by atoms with Crippen LogP contribution in [0, 0.1) is 94.6 Å². The maximum atomic E-state index is 7.50. The number of hydrogen-bond acceptors (Lipinski definition) is 6. The first kappa shape index (κ1) is 90.9. The molecule has 0 aliphatic heterocycles. The van der Waals surface area contributed by atoms with E-state index in [-0.39, 0.29) is 34.1 Å². The number of nitrogens with zero attached hydrogens (tertiary/aromatic N) is 6. The van der Waals surface area contributed by atoms with E-state index in [9.17, 15) is 0 Å². The molecule has 0 atom stereocenters. The van der Waals surface area contributed by atoms with Gasteiger partial charge >= 0.3 is 132 Å². The van der Waals surface area contributed by atoms with E-state index in [1.165, 1.54) is 41.5 Å². The summed E-state index contributed by atoms with van der Waals surface area (Å²) in [6, 6.07) is 10.5. The molecule has 36 heavy (non-hydrogen) atoms. The van der Waals surface area contributed by atoms with Gasteiger partial charge in [0.15, 0.2) is 0 Å². The predicted octanol–water partition coefficient (Wildman–Crippen LogP) is 6.40. The maximum Gasteiger partial charge on any atom is 0 e. The quantitative estimate of drug-likeness (QED) is 0.152. The predicted molar refractivity (Wildman–Crippen MR) is 130 cm³/mol. The van der Waals surface area contributed by atoms with Crippen LogP contribution in [-0.2, 0) is 52.7 Å². The summed E-state index contributed by atoms with van der Waals surface area (Å²) in [7, 11) is 30.1. The molecule has 0 aromatic heterocycles. The van der Waals surface area contributed by atoms with Gasteiger partial charge in [-0.05, 0) is 0 Å². The average molecular weight is 912 g/mol. The monoisotopic (exact) mass is 910 g/mol. The minimum absolute atomic E-state index is 0. The van der Waals surface area contributed by atoms with Crippen LogP contribution in [0.2, 0.25) is 0 Å². The van der Waals surface area contributed by atoms with Crippen molar-refractivity contribution >= 4 is 87.2 Å². The Morgan fingerprint density at radius 2 is 0.389 bits per heavy atom. The third-order valence-electron chi connectivity index (χ3n) is 0. The molecule has 0 aromatic carbocycles. The summed E-state index contributed by atoms with van der Waals surface area (Å²) < 4.78 is 30.0. The SMILES string of the molecule is CC#N.CC#N.CC#N.CC#N.CC#N.CC#N.[C-]#[O+].[C-]#[O+].[C-]#[O+].[C-]#[O+].[Cl][In]([Cl])[Cl].[Cl][In]([Cl])[Cl].[Fe].[Fe]. The van der Waals surface area contributed by atoms with Crippen molar-refractivity contribution in [3.05, 3.63) is 26.6 Å². The van der Waals surface area contributed by atoms with Crippen LogP contribution < -0.4 is 0 Å². The summed E-state index contributed by atoms with van der Waals surface area (Å²) >= 11 is -4.44. The molecular formula is C16H18Cl6Fe2In2N6O4. The molecule has 0 fully saturated rings. The Bertz CT molecular complexity index is 492. The smallest absolute Gasteiger partial charge is 0 e. The van der Waals surface area contributed by atoms with Gasteiger partial charge in [0.2, 0.25) is 0 Å². The summed E-state index contributed by atoms with van der Waals surface area (Å²) in [4.78, 5) is 0. The van der Waals surface area contributed by atoms with Crippen LogP contribution in [0.25, 0.3) is 0 Å². The number of nitriles is 6. The van der Waals surface area contributed by atoms with Gasteiger partial charge in [0.1, 0.15) is 0 Å². The van der Waals surface area contributed by atoms with Crippen molar-refractivity contribution in [1.29, 1.82) is 31.6 Å². The van der Waals surface area contributed by atoms with Crippen LogP contribution >= 0.6 is 51.5 Å². The normalized spacial score (nSPS) is 3.06. The van der Waals surface area contributed by atoms with Crippen molar-refractivity contribution in [3.63, 3.8) is 0 Å². The molecular weight excluding hydrogens is 894 g/mol. The van der Waals surface area contributed by atoms with Crippen molar-refractivity contribution in [2.45, 2.75) is 41.5 Å². The molecule has 0 aliphatic carbocycles. The molecule has 0 aromatic rings. The van der Waals surface area contributed by atoms with Crippen LogP contribution in [0.5, 0.6) is 0 Å². The van der Waals surface area contributed by atoms with Gasteiger partial charge in [0.05, 0.1) is 36.4 Å². The zero-order chi connectivity index (χ0) is 31.4. The topological polar surface area (TPSA) is 222 Å². The fourth-order valence-electron chi connectivity index (χ4n) is 0. The van der Waals surface area contributed by atoms with Crippen molar-refractivity contribution in [2.75, 3.05) is 0 Å². The Kier molecular flexibility index (Phi) is 687. The average Bonchev–Trinajstić information content (AvgIpc) is 2.76. The third kappa shape index (κ3) is 219000. The van der Waals surface area contributed by atoms with E-state index in [2.05, 4.69) is 26.6 Å². The molecule has 0 radical (unpaired) electrons. The van der Waals surface area contributed by atoms with E-state index in [4.69, 9.17) is 102 Å². The molecule has 0 rings (SSSR count). The summed E-state index contributed by atoms with van der Waals surface area (Å²) in [5, 5.41) is 43.9. The fourth-order valence-corrected chi connectivity index (χ4v) is 0. The summed E-state index contributed by atoms with van der Waals surface area (Å²) in [6.07, 6.45) is 0. The molecule has 0 saturated heterocycles. The van der Waals surface area contributed by atoms with E-state index in [1.54, 1.807) is 36.4 Å². The molecule has 0 unspecified atom stereocenters. The van der Waals surface area contributed by atoms with Gasteiger partial charge < -0.3 is 0 Å². The Morgan fingerprint density at radius 3 is 0.389 bits per heavy atom. The van der Waals surface area contributed by atoms with E-state index < -0.39 is 35.8 Å². The Morgan fingerprint density at radius 1 is 0.389 bits per heavy atom. The van der Waals surface area contributed by atoms with Crippen LogP contribution in [0.3, 0.4) is 0 Å². The Labute approximate surface area is 272 Å². The molecule has 0 amide bonds. The summed E-state index contributed by atoms with van der Waals surface area (Å²) in [5.41, 5.74) is 0. The fraction of sp³-hybridized carbons (Fsp3) is 0.375. The molecule has 0 heterocycles. The van der Waals surface area contributed by atoms with Crippen molar-refractivity contribution in [3.8, 4) is 36.4 Å². The molecule has 0 aliphatic rings. The maximum absolute atomic E-state index is 7.50. The van der Waals surface area contributed by atoms with Crippen LogP contribution in [-0.4, -0.2) is 35.8 Å². The van der Waals surface area contributed by atoms with Crippen molar-refractivity contribution < 1.29 is 52.7 Å². The van der Waals surface area contributed by atoms with E-state index in [1.807, 2.05) is 0 Å². The molecule has 10 nitrogen and oxygen atoms in total. The first-order valence-corrected chi connectivity index (χ1v) is 31.5. The van der Waals surface area contributed by atoms with Gasteiger partial charge in [0, 0.05) is 75.7 Å². The molecule has 0 saturated carbocycles. The second-order valence-corrected chi connectivity index (χ2v) is 31.2. The largest absolute Gasteiger partial charge is 0 e. The van der Waals surface area contributed by atoms with E-state index in [0.717, 1.165) is 0 Å². The van der Waals surface area contributed by atoms with Crippen LogP contribution in [0.1, 0.15) is 41.5 Å². The molecule has 0 bridgehead atoms. The van der Waals surface area contributed by atoms with Crippen LogP contribution in [0.4, 0.5) is 0 Å². The van der Waals surface area contributed by atoms with Gasteiger partial charge in [-0.1, -0.05) is 0 Å². The van der Waals surface area contributed by atoms with E-state index in [0.29, 0.717) is 0 Å². The molecule has 0 N–H and O–H groups in total. The zero-order valence-electron chi connectivity index (χ0n) is 19.4. The van der Waals surface area contributed by atoms with E-state index >= 15 is 0 Å². The minimum Gasteiger partial charge on any atom is 0 e. The molecule has 0 spiro atoms. The number of hydrogen-bond donors (Lipinski definition) is 0.